The van der Waals surface area contributed by atoms with Gasteiger partial charge in [-0.1, -0.05) is 0 Å². The smallest absolute Gasteiger partial charge is 0.203 e. The fourth-order valence-electron chi connectivity index (χ4n) is 1.32. The molecule has 21 heavy (non-hydrogen) atoms. The molecule has 0 aliphatic carbocycles. The summed E-state index contributed by atoms with van der Waals surface area (Å²) >= 11 is 0. The van der Waals surface area contributed by atoms with Crippen molar-refractivity contribution in [2.75, 3.05) is 0 Å². The first-order valence-corrected chi connectivity index (χ1v) is 6.22. The Morgan fingerprint density at radius 3 is 0.952 bits per heavy atom. The summed E-state index contributed by atoms with van der Waals surface area (Å²) in [7, 11) is -7.48. The zero-order chi connectivity index (χ0) is 16.7. The summed E-state index contributed by atoms with van der Waals surface area (Å²) in [5, 5.41) is -12.0. The van der Waals surface area contributed by atoms with E-state index in [1.807, 2.05) is 0 Å². The molecular weight excluding hydrogens is 351 g/mol. The number of halogens is 11. The maximum Gasteiger partial charge on any atom is 0.530 e. The van der Waals surface area contributed by atoms with Crippen LogP contribution in [0.1, 0.15) is 0 Å². The van der Waals surface area contributed by atoms with Crippen LogP contribution in [0, 0.1) is 29.1 Å². The molecule has 0 atom stereocenters. The van der Waals surface area contributed by atoms with Crippen molar-refractivity contribution >= 4 is 13.7 Å². The molecular formula is C6F11N3Si. The summed E-state index contributed by atoms with van der Waals surface area (Å²) in [5.74, 6) is -15.2. The molecule has 0 fully saturated rings. The second kappa shape index (κ2) is 5.74. The first-order chi connectivity index (χ1) is 9.51. The highest BCUT2D eigenvalue weighted by Crippen LogP contribution is 2.28. The lowest BCUT2D eigenvalue weighted by Crippen LogP contribution is -2.73. The van der Waals surface area contributed by atoms with Crippen molar-refractivity contribution in [3.63, 3.8) is 0 Å². The molecule has 1 rings (SSSR count). The second-order valence-electron chi connectivity index (χ2n) is 3.28. The molecule has 0 radical (unpaired) electrons. The minimum Gasteiger partial charge on any atom is -0.203 e. The van der Waals surface area contributed by atoms with E-state index in [-0.39, 0.29) is 0 Å². The van der Waals surface area contributed by atoms with Crippen LogP contribution < -0.4 is 5.19 Å². The highest BCUT2D eigenvalue weighted by Gasteiger charge is 2.67. The predicted octanol–water partition coefficient (Wildman–Crippen LogP) is 2.74. The Balaban J connectivity index is 3.93. The lowest BCUT2D eigenvalue weighted by atomic mass is 10.3. The van der Waals surface area contributed by atoms with Crippen molar-refractivity contribution in [3.05, 3.63) is 29.1 Å². The predicted molar refractivity (Wildman–Crippen MR) is 43.8 cm³/mol. The van der Waals surface area contributed by atoms with Gasteiger partial charge in [-0.2, -0.15) is 0 Å². The van der Waals surface area contributed by atoms with Gasteiger partial charge in [-0.15, -0.1) is 26.9 Å². The summed E-state index contributed by atoms with van der Waals surface area (Å²) in [6.45, 7) is 0. The summed E-state index contributed by atoms with van der Waals surface area (Å²) in [5.41, 5.74) is 0. The van der Waals surface area contributed by atoms with Crippen LogP contribution in [0.5, 0.6) is 0 Å². The molecule has 0 heterocycles. The van der Waals surface area contributed by atoms with E-state index in [0.29, 0.717) is 0 Å². The monoisotopic (exact) mass is 351 g/mol. The fraction of sp³-hybridized carbons (Fsp3) is 0. The molecule has 0 saturated carbocycles. The van der Waals surface area contributed by atoms with E-state index in [2.05, 4.69) is 0 Å². The molecule has 0 bridgehead atoms. The van der Waals surface area contributed by atoms with Crippen molar-refractivity contribution < 1.29 is 48.8 Å². The van der Waals surface area contributed by atoms with Crippen molar-refractivity contribution in [1.29, 1.82) is 0 Å². The SMILES string of the molecule is Fc1c(F)c(F)c([Si](N(F)F)(N(F)F)N(F)F)c(F)c1F. The Bertz CT molecular complexity index is 498. The van der Waals surface area contributed by atoms with E-state index < -0.39 is 57.9 Å². The zero-order valence-electron chi connectivity index (χ0n) is 9.00. The second-order valence-corrected chi connectivity index (χ2v) is 6.06. The molecule has 1 aromatic rings. The first kappa shape index (κ1) is 17.6. The maximum absolute atomic E-state index is 13.2. The van der Waals surface area contributed by atoms with Gasteiger partial charge in [-0.3, -0.25) is 0 Å². The van der Waals surface area contributed by atoms with Crippen LogP contribution in [0.25, 0.3) is 0 Å². The molecule has 1 aromatic carbocycles. The van der Waals surface area contributed by atoms with Gasteiger partial charge in [0, 0.05) is 15.0 Å². The van der Waals surface area contributed by atoms with E-state index in [9.17, 15) is 48.8 Å². The first-order valence-electron chi connectivity index (χ1n) is 4.38. The lowest BCUT2D eigenvalue weighted by Gasteiger charge is -2.29. The van der Waals surface area contributed by atoms with Gasteiger partial charge in [0.2, 0.25) is 5.82 Å². The standard InChI is InChI=1S/C6F11N3Si/c7-1-2(8)4(10)6(5(11)3(1)9)21(18(12)13,19(14)15)20(16)17. The zero-order valence-corrected chi connectivity index (χ0v) is 10.00. The Kier molecular flexibility index (Phi) is 4.81. The van der Waals surface area contributed by atoms with Crippen molar-refractivity contribution in [2.45, 2.75) is 0 Å². The Morgan fingerprint density at radius 1 is 0.476 bits per heavy atom. The number of benzene rings is 1. The van der Waals surface area contributed by atoms with Gasteiger partial charge in [-0.25, -0.2) is 22.0 Å². The average molecular weight is 351 g/mol. The van der Waals surface area contributed by atoms with E-state index in [0.717, 1.165) is 0 Å². The van der Waals surface area contributed by atoms with Gasteiger partial charge in [0.1, 0.15) is 0 Å². The molecule has 15 heteroatoms. The van der Waals surface area contributed by atoms with Crippen LogP contribution in [0.4, 0.5) is 48.8 Å². The third-order valence-electron chi connectivity index (χ3n) is 2.25. The minimum atomic E-state index is -7.48. The van der Waals surface area contributed by atoms with Gasteiger partial charge in [-0.05, 0) is 0 Å². The minimum absolute atomic E-state index is 2.88. The fourth-order valence-corrected chi connectivity index (χ4v) is 2.98. The van der Waals surface area contributed by atoms with Gasteiger partial charge in [0.15, 0.2) is 23.3 Å². The summed E-state index contributed by atoms with van der Waals surface area (Å²) in [6, 6.07) is 0. The van der Waals surface area contributed by atoms with E-state index in [4.69, 9.17) is 0 Å². The Hall–Kier alpha value is -1.45. The quantitative estimate of drug-likeness (QED) is 0.272. The van der Waals surface area contributed by atoms with Gasteiger partial charge < -0.3 is 0 Å². The molecule has 0 saturated heterocycles. The number of rotatable bonds is 4. The largest absolute Gasteiger partial charge is 0.530 e. The number of hydrogen-bond acceptors (Lipinski definition) is 3. The normalized spacial score (nSPS) is 12.9. The van der Waals surface area contributed by atoms with Gasteiger partial charge in [0.25, 0.3) is 0 Å². The summed E-state index contributed by atoms with van der Waals surface area (Å²) in [4.78, 5) is 0. The molecule has 0 aliphatic heterocycles. The molecule has 120 valence electrons. The Morgan fingerprint density at radius 2 is 0.714 bits per heavy atom. The van der Waals surface area contributed by atoms with Gasteiger partial charge >= 0.3 is 8.56 Å². The summed E-state index contributed by atoms with van der Waals surface area (Å²) in [6.07, 6.45) is 0. The van der Waals surface area contributed by atoms with Crippen LogP contribution in [-0.4, -0.2) is 23.6 Å². The third-order valence-corrected chi connectivity index (χ3v) is 4.78. The molecule has 0 amide bonds. The average Bonchev–Trinajstić information content (AvgIpc) is 2.37. The van der Waals surface area contributed by atoms with E-state index >= 15 is 0 Å². The maximum atomic E-state index is 13.2. The van der Waals surface area contributed by atoms with E-state index in [1.54, 1.807) is 0 Å². The van der Waals surface area contributed by atoms with Crippen molar-refractivity contribution in [3.8, 4) is 0 Å². The van der Waals surface area contributed by atoms with Crippen molar-refractivity contribution in [2.24, 2.45) is 0 Å². The molecule has 0 N–H and O–H groups in total. The van der Waals surface area contributed by atoms with Crippen LogP contribution in [0.15, 0.2) is 0 Å². The topological polar surface area (TPSA) is 9.72 Å². The Labute approximate surface area is 108 Å². The van der Waals surface area contributed by atoms with Crippen LogP contribution >= 0.6 is 0 Å². The van der Waals surface area contributed by atoms with Gasteiger partial charge in [0.05, 0.1) is 5.19 Å². The highest BCUT2D eigenvalue weighted by molar-refractivity contribution is 6.83. The number of hydrogen-bond donors (Lipinski definition) is 0. The lowest BCUT2D eigenvalue weighted by molar-refractivity contribution is -0.207. The summed E-state index contributed by atoms with van der Waals surface area (Å²) < 4.78 is 139. The number of nitrogens with zero attached hydrogens (tertiary/aromatic N) is 3. The molecule has 0 aromatic heterocycles. The van der Waals surface area contributed by atoms with Crippen LogP contribution in [0.2, 0.25) is 0 Å². The molecule has 0 unspecified atom stereocenters. The highest BCUT2D eigenvalue weighted by atomic mass is 28.4. The molecule has 0 aliphatic rings. The van der Waals surface area contributed by atoms with Crippen LogP contribution in [0.3, 0.4) is 0 Å². The van der Waals surface area contributed by atoms with Crippen molar-refractivity contribution in [1.82, 2.24) is 15.0 Å². The third kappa shape index (κ3) is 2.34. The molecule has 0 spiro atoms. The molecule has 3 nitrogen and oxygen atoms in total. The van der Waals surface area contributed by atoms with Crippen LogP contribution in [-0.2, 0) is 0 Å². The van der Waals surface area contributed by atoms with E-state index in [1.165, 1.54) is 0 Å².